The Morgan fingerprint density at radius 3 is 1.80 bits per heavy atom. The molecule has 0 aliphatic rings. The van der Waals surface area contributed by atoms with E-state index in [-0.39, 0.29) is 16.9 Å². The highest BCUT2D eigenvalue weighted by atomic mass is 16.3. The molecule has 0 heterocycles. The summed E-state index contributed by atoms with van der Waals surface area (Å²) in [7, 11) is 0. The molecule has 2 aromatic carbocycles. The second kappa shape index (κ2) is 7.21. The van der Waals surface area contributed by atoms with Crippen molar-refractivity contribution >= 4 is 0 Å². The van der Waals surface area contributed by atoms with Crippen LogP contribution in [0.15, 0.2) is 42.5 Å². The number of phenolic OH excluding ortho intramolecular Hbond substituents is 1. The van der Waals surface area contributed by atoms with Crippen LogP contribution in [-0.4, -0.2) is 5.11 Å². The highest BCUT2D eigenvalue weighted by Gasteiger charge is 2.26. The third-order valence-electron chi connectivity index (χ3n) is 4.70. The number of phenols is 1. The molecule has 2 nitrogen and oxygen atoms in total. The maximum Gasteiger partial charge on any atom is 0.123 e. The first-order valence-electron chi connectivity index (χ1n) is 9.15. The van der Waals surface area contributed by atoms with Gasteiger partial charge in [0.15, 0.2) is 0 Å². The Bertz CT molecular complexity index is 670. The van der Waals surface area contributed by atoms with Crippen LogP contribution in [0.2, 0.25) is 0 Å². The summed E-state index contributed by atoms with van der Waals surface area (Å²) in [5, 5.41) is 14.4. The second-order valence-corrected chi connectivity index (χ2v) is 9.05. The topological polar surface area (TPSA) is 32.3 Å². The zero-order valence-electron chi connectivity index (χ0n) is 16.8. The number of nitrogens with one attached hydrogen (secondary N) is 1. The van der Waals surface area contributed by atoms with Gasteiger partial charge in [-0.05, 0) is 40.0 Å². The van der Waals surface area contributed by atoms with Gasteiger partial charge in [-0.3, -0.25) is 0 Å². The van der Waals surface area contributed by atoms with Crippen molar-refractivity contribution in [3.63, 3.8) is 0 Å². The van der Waals surface area contributed by atoms with Gasteiger partial charge in [0.2, 0.25) is 0 Å². The van der Waals surface area contributed by atoms with E-state index in [1.807, 2.05) is 6.07 Å². The Hall–Kier alpha value is -1.80. The number of aromatic hydroxyl groups is 1. The van der Waals surface area contributed by atoms with Crippen molar-refractivity contribution in [2.75, 3.05) is 0 Å². The normalized spacial score (nSPS) is 13.7. The van der Waals surface area contributed by atoms with Gasteiger partial charge in [-0.15, -0.1) is 0 Å². The summed E-state index contributed by atoms with van der Waals surface area (Å²) in [5.74, 6) is 0.444. The molecule has 0 aliphatic heterocycles. The average molecular weight is 340 g/mol. The van der Waals surface area contributed by atoms with Crippen LogP contribution in [0.25, 0.3) is 0 Å². The summed E-state index contributed by atoms with van der Waals surface area (Å²) in [6.07, 6.45) is 0. The van der Waals surface area contributed by atoms with Crippen molar-refractivity contribution in [1.29, 1.82) is 0 Å². The number of hydrogen-bond acceptors (Lipinski definition) is 2. The molecule has 2 heteroatoms. The molecule has 25 heavy (non-hydrogen) atoms. The summed E-state index contributed by atoms with van der Waals surface area (Å²) in [4.78, 5) is 0. The summed E-state index contributed by atoms with van der Waals surface area (Å²) >= 11 is 0. The van der Waals surface area contributed by atoms with E-state index in [9.17, 15) is 5.11 Å². The van der Waals surface area contributed by atoms with Gasteiger partial charge in [0, 0.05) is 12.6 Å². The molecular weight excluding hydrogens is 306 g/mol. The minimum atomic E-state index is -0.0921. The fourth-order valence-electron chi connectivity index (χ4n) is 3.07. The standard InChI is InChI=1S/C23H33NO/c1-16(18-11-9-8-10-12-18)24-15-17-13-19(22(2,3)4)21(25)20(14-17)23(5,6)7/h8-14,16,24-25H,15H2,1-7H3/t16-/m1/s1. The van der Waals surface area contributed by atoms with E-state index in [0.717, 1.165) is 17.7 Å². The number of benzene rings is 2. The molecule has 136 valence electrons. The Labute approximate surface area is 153 Å². The molecule has 0 amide bonds. The first kappa shape index (κ1) is 19.5. The van der Waals surface area contributed by atoms with Gasteiger partial charge in [0.05, 0.1) is 0 Å². The molecule has 0 aromatic heterocycles. The predicted molar refractivity (Wildman–Crippen MR) is 107 cm³/mol. The van der Waals surface area contributed by atoms with Gasteiger partial charge < -0.3 is 10.4 Å². The zero-order valence-corrected chi connectivity index (χ0v) is 16.8. The Balaban J connectivity index is 2.31. The lowest BCUT2D eigenvalue weighted by Crippen LogP contribution is -2.21. The lowest BCUT2D eigenvalue weighted by atomic mass is 9.78. The van der Waals surface area contributed by atoms with Crippen LogP contribution in [0, 0.1) is 0 Å². The van der Waals surface area contributed by atoms with Crippen molar-refractivity contribution in [3.8, 4) is 5.75 Å². The van der Waals surface area contributed by atoms with Crippen LogP contribution in [0.3, 0.4) is 0 Å². The van der Waals surface area contributed by atoms with E-state index >= 15 is 0 Å². The molecule has 0 bridgehead atoms. The van der Waals surface area contributed by atoms with Crippen molar-refractivity contribution in [2.24, 2.45) is 0 Å². The summed E-state index contributed by atoms with van der Waals surface area (Å²) in [6.45, 7) is 15.9. The van der Waals surface area contributed by atoms with E-state index in [1.54, 1.807) is 0 Å². The maximum atomic E-state index is 10.8. The number of rotatable bonds is 4. The van der Waals surface area contributed by atoms with Crippen molar-refractivity contribution in [2.45, 2.75) is 71.9 Å². The highest BCUT2D eigenvalue weighted by Crippen LogP contribution is 2.39. The zero-order chi connectivity index (χ0) is 18.8. The van der Waals surface area contributed by atoms with Crippen molar-refractivity contribution in [3.05, 3.63) is 64.7 Å². The van der Waals surface area contributed by atoms with Crippen LogP contribution in [0.4, 0.5) is 0 Å². The fraction of sp³-hybridized carbons (Fsp3) is 0.478. The van der Waals surface area contributed by atoms with Crippen LogP contribution < -0.4 is 5.32 Å². The third kappa shape index (κ3) is 4.85. The molecule has 2 aromatic rings. The van der Waals surface area contributed by atoms with Gasteiger partial charge in [0.25, 0.3) is 0 Å². The minimum Gasteiger partial charge on any atom is -0.507 e. The Morgan fingerprint density at radius 1 is 0.880 bits per heavy atom. The van der Waals surface area contributed by atoms with Crippen molar-refractivity contribution in [1.82, 2.24) is 5.32 Å². The predicted octanol–water partition coefficient (Wildman–Crippen LogP) is 5.84. The van der Waals surface area contributed by atoms with Crippen LogP contribution >= 0.6 is 0 Å². The smallest absolute Gasteiger partial charge is 0.123 e. The summed E-state index contributed by atoms with van der Waals surface area (Å²) < 4.78 is 0. The highest BCUT2D eigenvalue weighted by molar-refractivity contribution is 5.49. The molecule has 0 saturated heterocycles. The SMILES string of the molecule is C[C@@H](NCc1cc(C(C)(C)C)c(O)c(C(C)(C)C)c1)c1ccccc1. The van der Waals surface area contributed by atoms with Gasteiger partial charge in [-0.2, -0.15) is 0 Å². The molecule has 0 fully saturated rings. The second-order valence-electron chi connectivity index (χ2n) is 9.05. The summed E-state index contributed by atoms with van der Waals surface area (Å²) in [5.41, 5.74) is 4.35. The van der Waals surface area contributed by atoms with Crippen LogP contribution in [0.5, 0.6) is 5.75 Å². The quantitative estimate of drug-likeness (QED) is 0.733. The molecule has 0 aliphatic carbocycles. The van der Waals surface area contributed by atoms with E-state index in [2.05, 4.69) is 90.2 Å². The number of hydrogen-bond donors (Lipinski definition) is 2. The molecule has 0 saturated carbocycles. The first-order valence-corrected chi connectivity index (χ1v) is 9.15. The molecular formula is C23H33NO. The minimum absolute atomic E-state index is 0.0921. The van der Waals surface area contributed by atoms with Gasteiger partial charge in [0.1, 0.15) is 5.75 Å². The van der Waals surface area contributed by atoms with Crippen molar-refractivity contribution < 1.29 is 5.11 Å². The molecule has 0 spiro atoms. The molecule has 0 unspecified atom stereocenters. The molecule has 1 atom stereocenters. The average Bonchev–Trinajstić information content (AvgIpc) is 2.52. The lowest BCUT2D eigenvalue weighted by molar-refractivity contribution is 0.422. The maximum absolute atomic E-state index is 10.8. The largest absolute Gasteiger partial charge is 0.507 e. The van der Waals surface area contributed by atoms with Crippen LogP contribution in [0.1, 0.15) is 76.8 Å². The van der Waals surface area contributed by atoms with Gasteiger partial charge in [-0.1, -0.05) is 84.0 Å². The van der Waals surface area contributed by atoms with E-state index in [0.29, 0.717) is 5.75 Å². The van der Waals surface area contributed by atoms with Gasteiger partial charge in [-0.25, -0.2) is 0 Å². The molecule has 0 radical (unpaired) electrons. The van der Waals surface area contributed by atoms with E-state index in [4.69, 9.17) is 0 Å². The third-order valence-corrected chi connectivity index (χ3v) is 4.70. The van der Waals surface area contributed by atoms with Crippen LogP contribution in [-0.2, 0) is 17.4 Å². The van der Waals surface area contributed by atoms with E-state index < -0.39 is 0 Å². The molecule has 2 rings (SSSR count). The Kier molecular flexibility index (Phi) is 5.63. The summed E-state index contributed by atoms with van der Waals surface area (Å²) in [6, 6.07) is 15.1. The van der Waals surface area contributed by atoms with Gasteiger partial charge >= 0.3 is 0 Å². The van der Waals surface area contributed by atoms with E-state index in [1.165, 1.54) is 11.1 Å². The lowest BCUT2D eigenvalue weighted by Gasteiger charge is -2.28. The first-order chi connectivity index (χ1) is 11.5. The Morgan fingerprint density at radius 2 is 1.36 bits per heavy atom. The monoisotopic (exact) mass is 339 g/mol. The fourth-order valence-corrected chi connectivity index (χ4v) is 3.07. The molecule has 2 N–H and O–H groups in total.